The summed E-state index contributed by atoms with van der Waals surface area (Å²) in [6, 6.07) is 10.0. The summed E-state index contributed by atoms with van der Waals surface area (Å²) >= 11 is 0. The molecule has 0 spiro atoms. The van der Waals surface area contributed by atoms with Gasteiger partial charge in [0.25, 0.3) is 0 Å². The number of nitrogens with two attached hydrogens (primary N) is 1. The molecule has 0 aliphatic carbocycles. The maximum absolute atomic E-state index is 12.4. The van der Waals surface area contributed by atoms with Crippen molar-refractivity contribution in [3.05, 3.63) is 76.6 Å². The van der Waals surface area contributed by atoms with E-state index < -0.39 is 0 Å². The van der Waals surface area contributed by atoms with E-state index in [-0.39, 0.29) is 5.69 Å². The Labute approximate surface area is 171 Å². The van der Waals surface area contributed by atoms with Crippen LogP contribution in [-0.4, -0.2) is 27.6 Å². The van der Waals surface area contributed by atoms with Gasteiger partial charge in [0.05, 0.1) is 11.5 Å². The molecule has 0 atom stereocenters. The Morgan fingerprint density at radius 3 is 2.83 bits per heavy atom. The fourth-order valence-electron chi connectivity index (χ4n) is 3.12. The van der Waals surface area contributed by atoms with Gasteiger partial charge in [-0.15, -0.1) is 6.42 Å². The van der Waals surface area contributed by atoms with E-state index in [0.717, 1.165) is 49.2 Å². The van der Waals surface area contributed by atoms with Crippen LogP contribution in [0.4, 0.5) is 0 Å². The van der Waals surface area contributed by atoms with Crippen LogP contribution < -0.4 is 22.1 Å². The molecular weight excluding hydrogens is 364 g/mol. The van der Waals surface area contributed by atoms with Crippen molar-refractivity contribution in [1.82, 2.24) is 25.2 Å². The van der Waals surface area contributed by atoms with Gasteiger partial charge < -0.3 is 27.8 Å². The van der Waals surface area contributed by atoms with E-state index in [4.69, 9.17) is 5.73 Å². The van der Waals surface area contributed by atoms with Gasteiger partial charge in [-0.1, -0.05) is 12.1 Å². The summed E-state index contributed by atoms with van der Waals surface area (Å²) in [6.07, 6.45) is 7.58. The Hall–Kier alpha value is -3.06. The van der Waals surface area contributed by atoms with Gasteiger partial charge in [0, 0.05) is 24.7 Å². The maximum atomic E-state index is 12.4. The van der Waals surface area contributed by atoms with Crippen molar-refractivity contribution in [2.45, 2.75) is 33.2 Å². The van der Waals surface area contributed by atoms with Gasteiger partial charge >= 0.3 is 5.69 Å². The van der Waals surface area contributed by atoms with E-state index in [1.54, 1.807) is 4.57 Å². The first-order valence-corrected chi connectivity index (χ1v) is 9.95. The largest absolute Gasteiger partial charge is 0.386 e. The van der Waals surface area contributed by atoms with E-state index >= 15 is 0 Å². The number of allylic oxidation sites excluding steroid dienone is 1. The third-order valence-electron chi connectivity index (χ3n) is 4.70. The van der Waals surface area contributed by atoms with E-state index in [0.29, 0.717) is 11.5 Å². The van der Waals surface area contributed by atoms with Gasteiger partial charge in [0.2, 0.25) is 0 Å². The van der Waals surface area contributed by atoms with Gasteiger partial charge in [-0.2, -0.15) is 11.9 Å². The number of nitrogens with zero attached hydrogens (tertiary/aromatic N) is 2. The molecule has 0 amide bonds. The molecule has 0 bridgehead atoms. The summed E-state index contributed by atoms with van der Waals surface area (Å²) in [5.74, 6) is 0.711. The molecule has 0 saturated carbocycles. The number of rotatable bonds is 10. The Morgan fingerprint density at radius 2 is 2.10 bits per heavy atom. The number of fused-ring (bicyclic) bond motifs is 1. The zero-order chi connectivity index (χ0) is 20.6. The minimum Gasteiger partial charge on any atom is -0.386 e. The Bertz CT molecular complexity index is 1020. The number of nitrogens with one attached hydrogen (secondary N) is 3. The van der Waals surface area contributed by atoms with Crippen molar-refractivity contribution in [2.24, 2.45) is 5.73 Å². The third kappa shape index (κ3) is 5.48. The van der Waals surface area contributed by atoms with Crippen LogP contribution in [0.5, 0.6) is 0 Å². The Morgan fingerprint density at radius 1 is 1.31 bits per heavy atom. The lowest BCUT2D eigenvalue weighted by Gasteiger charge is -2.09. The van der Waals surface area contributed by atoms with Crippen LogP contribution in [-0.2, 0) is 13.0 Å². The lowest BCUT2D eigenvalue weighted by molar-refractivity contribution is 0.624. The van der Waals surface area contributed by atoms with Crippen LogP contribution in [0.25, 0.3) is 16.7 Å². The van der Waals surface area contributed by atoms with E-state index in [2.05, 4.69) is 27.0 Å². The molecule has 2 heterocycles. The van der Waals surface area contributed by atoms with Gasteiger partial charge in [0.15, 0.2) is 0 Å². The predicted molar refractivity (Wildman–Crippen MR) is 118 cm³/mol. The normalized spacial score (nSPS) is 11.9. The fraction of sp³-hybridized carbons (Fsp3) is 0.318. The minimum absolute atomic E-state index is 0.287. The van der Waals surface area contributed by atoms with Crippen molar-refractivity contribution in [3.63, 3.8) is 0 Å². The molecule has 7 heteroatoms. The highest BCUT2D eigenvalue weighted by molar-refractivity contribution is 5.75. The monoisotopic (exact) mass is 393 g/mol. The van der Waals surface area contributed by atoms with Crippen molar-refractivity contribution in [2.75, 3.05) is 13.1 Å². The zero-order valence-electron chi connectivity index (χ0n) is 17.0. The Kier molecular flexibility index (Phi) is 7.08. The minimum atomic E-state index is -0.287. The van der Waals surface area contributed by atoms with Gasteiger partial charge in [-0.3, -0.25) is 4.57 Å². The summed E-state index contributed by atoms with van der Waals surface area (Å²) in [5, 5.41) is 7.48. The van der Waals surface area contributed by atoms with Crippen molar-refractivity contribution in [1.29, 1.82) is 0 Å². The second-order valence-electron chi connectivity index (χ2n) is 6.97. The molecule has 3 rings (SSSR count). The Balaban J connectivity index is 1.59. The molecule has 0 aliphatic rings. The van der Waals surface area contributed by atoms with Crippen LogP contribution in [0.15, 0.2) is 53.2 Å². The number of benzene rings is 1. The maximum Gasteiger partial charge on any atom is 0.354 e. The zero-order valence-corrected chi connectivity index (χ0v) is 17.0. The highest BCUT2D eigenvalue weighted by Gasteiger charge is 2.06. The van der Waals surface area contributed by atoms with Crippen molar-refractivity contribution in [3.8, 4) is 5.69 Å². The lowest BCUT2D eigenvalue weighted by Crippen LogP contribution is -2.24. The van der Waals surface area contributed by atoms with Gasteiger partial charge in [-0.25, -0.2) is 4.79 Å². The molecule has 0 saturated heterocycles. The number of aromatic amines is 1. The summed E-state index contributed by atoms with van der Waals surface area (Å²) in [5.41, 5.74) is 9.07. The number of aromatic nitrogens is 3. The van der Waals surface area contributed by atoms with Crippen molar-refractivity contribution >= 4 is 11.0 Å². The van der Waals surface area contributed by atoms with E-state index in [9.17, 15) is 4.79 Å². The number of H-pyrrole nitrogens is 1. The number of hydrogen-bond donors (Lipinski definition) is 4. The van der Waals surface area contributed by atoms with E-state index in [1.165, 1.54) is 5.56 Å². The molecular formula is C22H29N6O-. The highest BCUT2D eigenvalue weighted by atomic mass is 16.1. The molecule has 2 aromatic heterocycles. The van der Waals surface area contributed by atoms with E-state index in [1.807, 2.05) is 56.5 Å². The average Bonchev–Trinajstić information content (AvgIpc) is 3.11. The van der Waals surface area contributed by atoms with Crippen molar-refractivity contribution < 1.29 is 0 Å². The first kappa shape index (κ1) is 20.7. The van der Waals surface area contributed by atoms with Gasteiger partial charge in [-0.05, 0) is 55.4 Å². The van der Waals surface area contributed by atoms with Crippen LogP contribution in [0, 0.1) is 6.42 Å². The standard InChI is InChI=1S/C22H29N6O/c1-3-6-18-13-17-15-28(22(29)27-21(17)26-18)19-9-7-16(8-10-19)14-24-11-5-12-25-20(23)4-2/h3-4,7-10,13,15,24-25H,5-6,11-12,14,23H2,1-2H3,(H,26,27,29)/q-1/b20-4-. The quantitative estimate of drug-likeness (QED) is 0.313. The molecule has 29 heavy (non-hydrogen) atoms. The molecule has 0 fully saturated rings. The molecule has 1 aromatic carbocycles. The molecule has 7 nitrogen and oxygen atoms in total. The summed E-state index contributed by atoms with van der Waals surface area (Å²) in [7, 11) is 0. The predicted octanol–water partition coefficient (Wildman–Crippen LogP) is 2.37. The van der Waals surface area contributed by atoms with Crippen LogP contribution >= 0.6 is 0 Å². The summed E-state index contributed by atoms with van der Waals surface area (Å²) in [6.45, 7) is 6.44. The first-order chi connectivity index (χ1) is 14.1. The summed E-state index contributed by atoms with van der Waals surface area (Å²) in [4.78, 5) is 19.8. The van der Waals surface area contributed by atoms with Crippen LogP contribution in [0.2, 0.25) is 0 Å². The molecule has 0 unspecified atom stereocenters. The number of hydrogen-bond acceptors (Lipinski definition) is 5. The first-order valence-electron chi connectivity index (χ1n) is 9.95. The van der Waals surface area contributed by atoms with Crippen LogP contribution in [0.3, 0.4) is 0 Å². The average molecular weight is 394 g/mol. The highest BCUT2D eigenvalue weighted by Crippen LogP contribution is 2.15. The molecule has 0 radical (unpaired) electrons. The third-order valence-corrected chi connectivity index (χ3v) is 4.70. The molecule has 154 valence electrons. The smallest absolute Gasteiger partial charge is 0.354 e. The van der Waals surface area contributed by atoms with Gasteiger partial charge in [0.1, 0.15) is 5.65 Å². The lowest BCUT2D eigenvalue weighted by atomic mass is 10.2. The summed E-state index contributed by atoms with van der Waals surface area (Å²) < 4.78 is 1.59. The molecule has 5 N–H and O–H groups in total. The molecule has 0 aliphatic heterocycles. The topological polar surface area (TPSA) is 101 Å². The SMILES string of the molecule is C/C=C(/N)NCCCNCc1ccc(-n2cc3cc(C[CH-]C)[nH]c3nc2=O)cc1. The van der Waals surface area contributed by atoms with Crippen LogP contribution in [0.1, 0.15) is 31.5 Å². The molecule has 3 aromatic rings. The second kappa shape index (κ2) is 9.93. The fourth-order valence-corrected chi connectivity index (χ4v) is 3.12. The second-order valence-corrected chi connectivity index (χ2v) is 6.97.